The molecule has 0 aliphatic heterocycles. The van der Waals surface area contributed by atoms with Gasteiger partial charge in [0.05, 0.1) is 5.56 Å². The highest BCUT2D eigenvalue weighted by Crippen LogP contribution is 2.26. The van der Waals surface area contributed by atoms with E-state index in [0.29, 0.717) is 22.3 Å². The van der Waals surface area contributed by atoms with Crippen molar-refractivity contribution < 1.29 is 18.7 Å². The third-order valence-electron chi connectivity index (χ3n) is 3.00. The van der Waals surface area contributed by atoms with Crippen LogP contribution in [-0.4, -0.2) is 11.1 Å². The molecular formula is C15H12F2O2. The van der Waals surface area contributed by atoms with Crippen molar-refractivity contribution >= 4 is 5.97 Å². The SMILES string of the molecule is Cc1cc(-c2ccc(F)c(F)c2)cc(C)c1C(=O)O. The number of halogens is 2. The van der Waals surface area contributed by atoms with Gasteiger partial charge < -0.3 is 5.11 Å². The molecular weight excluding hydrogens is 250 g/mol. The van der Waals surface area contributed by atoms with Crippen LogP contribution in [0.1, 0.15) is 21.5 Å². The van der Waals surface area contributed by atoms with Crippen LogP contribution in [0.5, 0.6) is 0 Å². The summed E-state index contributed by atoms with van der Waals surface area (Å²) in [5.74, 6) is -2.82. The molecule has 1 N–H and O–H groups in total. The fraction of sp³-hybridized carbons (Fsp3) is 0.133. The molecule has 2 rings (SSSR count). The van der Waals surface area contributed by atoms with E-state index >= 15 is 0 Å². The van der Waals surface area contributed by atoms with Crippen molar-refractivity contribution in [1.29, 1.82) is 0 Å². The Hall–Kier alpha value is -2.23. The lowest BCUT2D eigenvalue weighted by atomic mass is 9.95. The molecule has 19 heavy (non-hydrogen) atoms. The van der Waals surface area contributed by atoms with Gasteiger partial charge in [-0.25, -0.2) is 13.6 Å². The second-order valence-electron chi connectivity index (χ2n) is 4.42. The zero-order chi connectivity index (χ0) is 14.2. The van der Waals surface area contributed by atoms with E-state index in [4.69, 9.17) is 5.11 Å². The van der Waals surface area contributed by atoms with E-state index in [9.17, 15) is 13.6 Å². The van der Waals surface area contributed by atoms with Crippen LogP contribution >= 0.6 is 0 Å². The first-order valence-electron chi connectivity index (χ1n) is 5.70. The minimum Gasteiger partial charge on any atom is -0.478 e. The van der Waals surface area contributed by atoms with E-state index in [1.54, 1.807) is 26.0 Å². The van der Waals surface area contributed by atoms with Gasteiger partial charge in [-0.2, -0.15) is 0 Å². The number of carboxylic acid groups (broad SMARTS) is 1. The van der Waals surface area contributed by atoms with Gasteiger partial charge in [-0.15, -0.1) is 0 Å². The van der Waals surface area contributed by atoms with Gasteiger partial charge >= 0.3 is 5.97 Å². The molecule has 0 bridgehead atoms. The van der Waals surface area contributed by atoms with Crippen molar-refractivity contribution in [3.8, 4) is 11.1 Å². The Morgan fingerprint density at radius 2 is 1.53 bits per heavy atom. The average molecular weight is 262 g/mol. The highest BCUT2D eigenvalue weighted by Gasteiger charge is 2.13. The maximum Gasteiger partial charge on any atom is 0.336 e. The van der Waals surface area contributed by atoms with E-state index in [1.807, 2.05) is 0 Å². The van der Waals surface area contributed by atoms with Gasteiger partial charge in [0.2, 0.25) is 0 Å². The molecule has 2 aromatic rings. The van der Waals surface area contributed by atoms with Gasteiger partial charge in [-0.3, -0.25) is 0 Å². The summed E-state index contributed by atoms with van der Waals surface area (Å²) in [7, 11) is 0. The van der Waals surface area contributed by atoms with Crippen LogP contribution in [0.15, 0.2) is 30.3 Å². The molecule has 2 nitrogen and oxygen atoms in total. The molecule has 4 heteroatoms. The van der Waals surface area contributed by atoms with E-state index in [2.05, 4.69) is 0 Å². The smallest absolute Gasteiger partial charge is 0.336 e. The van der Waals surface area contributed by atoms with Crippen molar-refractivity contribution in [3.63, 3.8) is 0 Å². The third-order valence-corrected chi connectivity index (χ3v) is 3.00. The molecule has 0 radical (unpaired) electrons. The predicted octanol–water partition coefficient (Wildman–Crippen LogP) is 3.95. The lowest BCUT2D eigenvalue weighted by molar-refractivity contribution is 0.0695. The standard InChI is InChI=1S/C15H12F2O2/c1-8-5-11(6-9(2)14(8)15(18)19)10-3-4-12(16)13(17)7-10/h3-7H,1-2H3,(H,18,19). The summed E-state index contributed by atoms with van der Waals surface area (Å²) in [4.78, 5) is 11.1. The first-order chi connectivity index (χ1) is 8.90. The zero-order valence-corrected chi connectivity index (χ0v) is 10.5. The maximum absolute atomic E-state index is 13.2. The fourth-order valence-electron chi connectivity index (χ4n) is 2.14. The number of carbonyl (C=O) groups is 1. The van der Waals surface area contributed by atoms with E-state index < -0.39 is 17.6 Å². The number of rotatable bonds is 2. The van der Waals surface area contributed by atoms with Crippen LogP contribution < -0.4 is 0 Å². The molecule has 2 aromatic carbocycles. The molecule has 0 saturated heterocycles. The number of aryl methyl sites for hydroxylation is 2. The molecule has 0 atom stereocenters. The molecule has 0 saturated carbocycles. The Bertz CT molecular complexity index is 640. The second-order valence-corrected chi connectivity index (χ2v) is 4.42. The van der Waals surface area contributed by atoms with Crippen molar-refractivity contribution in [2.24, 2.45) is 0 Å². The van der Waals surface area contributed by atoms with Crippen LogP contribution in [0, 0.1) is 25.5 Å². The second kappa shape index (κ2) is 4.80. The largest absolute Gasteiger partial charge is 0.478 e. The summed E-state index contributed by atoms with van der Waals surface area (Å²) >= 11 is 0. The third kappa shape index (κ3) is 2.47. The van der Waals surface area contributed by atoms with Crippen molar-refractivity contribution in [1.82, 2.24) is 0 Å². The van der Waals surface area contributed by atoms with Gasteiger partial charge in [-0.1, -0.05) is 18.2 Å². The normalized spacial score (nSPS) is 10.5. The van der Waals surface area contributed by atoms with Gasteiger partial charge in [-0.05, 0) is 48.2 Å². The first-order valence-corrected chi connectivity index (χ1v) is 5.70. The summed E-state index contributed by atoms with van der Waals surface area (Å²) < 4.78 is 26.1. The average Bonchev–Trinajstić information content (AvgIpc) is 2.31. The topological polar surface area (TPSA) is 37.3 Å². The maximum atomic E-state index is 13.2. The van der Waals surface area contributed by atoms with Crippen LogP contribution in [0.4, 0.5) is 8.78 Å². The summed E-state index contributed by atoms with van der Waals surface area (Å²) in [5.41, 5.74) is 2.60. The fourth-order valence-corrected chi connectivity index (χ4v) is 2.14. The summed E-state index contributed by atoms with van der Waals surface area (Å²) in [5, 5.41) is 9.08. The van der Waals surface area contributed by atoms with Crippen molar-refractivity contribution in [3.05, 3.63) is 58.7 Å². The Morgan fingerprint density at radius 3 is 2.00 bits per heavy atom. The summed E-state index contributed by atoms with van der Waals surface area (Å²) in [6, 6.07) is 6.93. The van der Waals surface area contributed by atoms with Crippen LogP contribution in [0.25, 0.3) is 11.1 Å². The number of aromatic carboxylic acids is 1. The highest BCUT2D eigenvalue weighted by atomic mass is 19.2. The number of hydrogen-bond donors (Lipinski definition) is 1. The lowest BCUT2D eigenvalue weighted by Gasteiger charge is -2.10. The summed E-state index contributed by atoms with van der Waals surface area (Å²) in [6.45, 7) is 3.36. The van der Waals surface area contributed by atoms with Gasteiger partial charge in [0, 0.05) is 0 Å². The Labute approximate surface area is 109 Å². The quantitative estimate of drug-likeness (QED) is 0.889. The zero-order valence-electron chi connectivity index (χ0n) is 10.5. The first kappa shape index (κ1) is 13.2. The molecule has 0 heterocycles. The lowest BCUT2D eigenvalue weighted by Crippen LogP contribution is -2.03. The van der Waals surface area contributed by atoms with Gasteiger partial charge in [0.15, 0.2) is 11.6 Å². The molecule has 0 unspecified atom stereocenters. The number of carboxylic acids is 1. The Balaban J connectivity index is 2.58. The highest BCUT2D eigenvalue weighted by molar-refractivity contribution is 5.92. The predicted molar refractivity (Wildman–Crippen MR) is 68.2 cm³/mol. The number of benzene rings is 2. The Morgan fingerprint density at radius 1 is 0.947 bits per heavy atom. The Kier molecular flexibility index (Phi) is 3.34. The van der Waals surface area contributed by atoms with Crippen LogP contribution in [-0.2, 0) is 0 Å². The molecule has 0 amide bonds. The molecule has 0 aromatic heterocycles. The van der Waals surface area contributed by atoms with Gasteiger partial charge in [0.25, 0.3) is 0 Å². The molecule has 0 spiro atoms. The number of hydrogen-bond acceptors (Lipinski definition) is 1. The van der Waals surface area contributed by atoms with Gasteiger partial charge in [0.1, 0.15) is 0 Å². The van der Waals surface area contributed by atoms with E-state index in [1.165, 1.54) is 6.07 Å². The monoisotopic (exact) mass is 262 g/mol. The molecule has 0 aliphatic carbocycles. The summed E-state index contributed by atoms with van der Waals surface area (Å²) in [6.07, 6.45) is 0. The van der Waals surface area contributed by atoms with Crippen molar-refractivity contribution in [2.45, 2.75) is 13.8 Å². The molecule has 0 fully saturated rings. The minimum absolute atomic E-state index is 0.242. The molecule has 98 valence electrons. The van der Waals surface area contributed by atoms with Crippen LogP contribution in [0.2, 0.25) is 0 Å². The van der Waals surface area contributed by atoms with E-state index in [0.717, 1.165) is 12.1 Å². The van der Waals surface area contributed by atoms with E-state index in [-0.39, 0.29) is 5.56 Å². The minimum atomic E-state index is -0.994. The van der Waals surface area contributed by atoms with Crippen LogP contribution in [0.3, 0.4) is 0 Å². The molecule has 0 aliphatic rings. The van der Waals surface area contributed by atoms with Crippen molar-refractivity contribution in [2.75, 3.05) is 0 Å².